The Morgan fingerprint density at radius 3 is 1.49 bits per heavy atom. The molecule has 0 radical (unpaired) electrons. The molecule has 2 aromatic carbocycles. The van der Waals surface area contributed by atoms with Crippen LogP contribution in [0, 0.1) is 11.6 Å². The van der Waals surface area contributed by atoms with E-state index < -0.39 is 99.9 Å². The molecule has 0 bridgehead atoms. The zero-order chi connectivity index (χ0) is 56.5. The van der Waals surface area contributed by atoms with Gasteiger partial charge in [-0.1, -0.05) is 31.9 Å². The van der Waals surface area contributed by atoms with Gasteiger partial charge in [0.25, 0.3) is 0 Å². The van der Waals surface area contributed by atoms with Crippen molar-refractivity contribution in [3.8, 4) is 11.8 Å². The Kier molecular flexibility index (Phi) is 15.3. The number of halogens is 4. The Labute approximate surface area is 468 Å². The van der Waals surface area contributed by atoms with Gasteiger partial charge >= 0.3 is 28.0 Å². The van der Waals surface area contributed by atoms with Crippen molar-refractivity contribution in [2.75, 3.05) is 51.1 Å². The fraction of sp³-hybridized carbons (Fsp3) is 0.478. The summed E-state index contributed by atoms with van der Waals surface area (Å²) in [5.74, 6) is -0.776. The SMILES string of the molecule is CCOc1nc(N)nc2c1ncn2[C@@H]1O[C@H](CO[P@@]2(=O)OCC[C@@H](c3cc(Br)ccc3F)O2)[C@H]2OC(=O)O[C@]21C.CCOc1nc(N)nc2c1ncn2[C@@H]1O[C@H](CO[P@]2(=O)OCC[C@H](c3cc(Br)ccc3F)O2)[C@H]2OC(=O)O[C@]21C. The second kappa shape index (κ2) is 21.9. The Morgan fingerprint density at radius 1 is 0.675 bits per heavy atom. The van der Waals surface area contributed by atoms with Crippen LogP contribution in [-0.4, -0.2) is 127 Å². The Hall–Kier alpha value is -5.76. The first-order valence-electron chi connectivity index (χ1n) is 24.6. The average molecular weight is 1290 g/mol. The molecule has 0 aliphatic carbocycles. The van der Waals surface area contributed by atoms with Crippen molar-refractivity contribution >= 4 is 94.0 Å². The fourth-order valence-electron chi connectivity index (χ4n) is 9.98. The minimum absolute atomic E-state index is 0.00556. The average Bonchev–Trinajstić information content (AvgIpc) is 4.41. The number of ether oxygens (including phenoxy) is 8. The molecule has 4 aromatic heterocycles. The Balaban J connectivity index is 0.000000169. The maximum atomic E-state index is 14.5. The number of phosphoric acid groups is 2. The van der Waals surface area contributed by atoms with Crippen LogP contribution >= 0.6 is 47.5 Å². The number of hydrogen-bond donors (Lipinski definition) is 2. The summed E-state index contributed by atoms with van der Waals surface area (Å²) < 4.78 is 138. The summed E-state index contributed by atoms with van der Waals surface area (Å²) in [5.41, 5.74) is 10.7. The summed E-state index contributed by atoms with van der Waals surface area (Å²) in [7, 11) is -8.30. The van der Waals surface area contributed by atoms with E-state index in [1.54, 1.807) is 52.0 Å². The quantitative estimate of drug-likeness (QED) is 0.0763. The van der Waals surface area contributed by atoms with Crippen molar-refractivity contribution in [1.29, 1.82) is 0 Å². The number of hydrogen-bond acceptors (Lipinski definition) is 26. The molecule has 6 aliphatic rings. The van der Waals surface area contributed by atoms with Crippen molar-refractivity contribution in [2.45, 2.75) is 101 Å². The van der Waals surface area contributed by atoms with Gasteiger partial charge in [-0.2, -0.15) is 19.9 Å². The fourth-order valence-corrected chi connectivity index (χ4v) is 13.5. The minimum Gasteiger partial charge on any atom is -0.476 e. The third-order valence-corrected chi connectivity index (χ3v) is 17.4. The molecule has 6 saturated heterocycles. The molecule has 4 N–H and O–H groups in total. The number of phosphoric ester groups is 2. The van der Waals surface area contributed by atoms with Crippen molar-refractivity contribution in [3.63, 3.8) is 0 Å². The van der Waals surface area contributed by atoms with Crippen LogP contribution in [0.4, 0.5) is 30.3 Å². The van der Waals surface area contributed by atoms with E-state index in [-0.39, 0.29) is 85.3 Å². The first-order chi connectivity index (χ1) is 38.2. The van der Waals surface area contributed by atoms with Crippen molar-refractivity contribution < 1.29 is 92.5 Å². The van der Waals surface area contributed by atoms with E-state index >= 15 is 0 Å². The number of rotatable bonds is 14. The number of anilines is 2. The largest absolute Gasteiger partial charge is 0.509 e. The number of carbonyl (C=O) groups excluding carboxylic acids is 2. The highest BCUT2D eigenvalue weighted by Crippen LogP contribution is 2.60. The zero-order valence-electron chi connectivity index (χ0n) is 42.4. The third-order valence-electron chi connectivity index (χ3n) is 13.5. The van der Waals surface area contributed by atoms with E-state index in [9.17, 15) is 27.5 Å². The van der Waals surface area contributed by atoms with Crippen LogP contribution in [-0.2, 0) is 64.7 Å². The Bertz CT molecular complexity index is 3280. The number of benzene rings is 2. The predicted octanol–water partition coefficient (Wildman–Crippen LogP) is 8.41. The second-order valence-electron chi connectivity index (χ2n) is 18.7. The lowest BCUT2D eigenvalue weighted by Gasteiger charge is -2.30. The maximum Gasteiger partial charge on any atom is 0.509 e. The minimum atomic E-state index is -4.15. The van der Waals surface area contributed by atoms with Crippen LogP contribution in [0.15, 0.2) is 58.0 Å². The second-order valence-corrected chi connectivity index (χ2v) is 23.8. The van der Waals surface area contributed by atoms with Crippen LogP contribution in [0.25, 0.3) is 22.3 Å². The number of carbonyl (C=O) groups is 2. The zero-order valence-corrected chi connectivity index (χ0v) is 47.3. The molecule has 6 fully saturated rings. The summed E-state index contributed by atoms with van der Waals surface area (Å²) in [5, 5.41) is 0. The first kappa shape index (κ1) is 56.1. The maximum absolute atomic E-state index is 14.5. The number of nitrogens with zero attached hydrogens (tertiary/aromatic N) is 8. The number of imidazole rings is 2. The molecule has 80 heavy (non-hydrogen) atoms. The molecule has 12 atom stereocenters. The number of fused-ring (bicyclic) bond motifs is 4. The standard InChI is InChI=1S/2C23H24BrFN5O9P/c2*1-3-33-19-16-18(28-21(26)29-19)30(10-27-16)20-23(2)17(37-22(31)38-23)15(36-20)9-35-40(32)34-7-6-14(39-40)12-8-11(24)4-5-13(12)25/h2*4-5,8,10,14-15,17,20H,3,6-7,9H2,1-2H3,(H2,26,28,29)/t14-,15+,17+,20+,23+,40+;14-,15-,17-,20-,23-,40+/m01/s1. The van der Waals surface area contributed by atoms with Crippen molar-refractivity contribution in [3.05, 3.63) is 80.8 Å². The smallest absolute Gasteiger partial charge is 0.476 e. The van der Waals surface area contributed by atoms with E-state index in [0.717, 1.165) is 0 Å². The molecule has 28 nitrogen and oxygen atoms in total. The highest BCUT2D eigenvalue weighted by Gasteiger charge is 2.66. The van der Waals surface area contributed by atoms with Crippen molar-refractivity contribution in [2.24, 2.45) is 0 Å². The monoisotopic (exact) mass is 1290 g/mol. The van der Waals surface area contributed by atoms with Crippen LogP contribution in [0.3, 0.4) is 0 Å². The lowest BCUT2D eigenvalue weighted by atomic mass is 9.96. The van der Waals surface area contributed by atoms with Crippen LogP contribution < -0.4 is 20.9 Å². The molecular weight excluding hydrogens is 1240 g/mol. The molecule has 0 spiro atoms. The molecule has 34 heteroatoms. The van der Waals surface area contributed by atoms with Crippen LogP contribution in [0.2, 0.25) is 0 Å². The summed E-state index contributed by atoms with van der Waals surface area (Å²) in [6.45, 7) is 6.73. The normalized spacial score (nSPS) is 31.6. The first-order valence-corrected chi connectivity index (χ1v) is 29.1. The van der Waals surface area contributed by atoms with E-state index in [1.807, 2.05) is 0 Å². The topological polar surface area (TPSA) is 337 Å². The van der Waals surface area contributed by atoms with Gasteiger partial charge in [-0.25, -0.2) is 37.5 Å². The number of nitrogens with two attached hydrogens (primary N) is 2. The van der Waals surface area contributed by atoms with Gasteiger partial charge in [-0.15, -0.1) is 0 Å². The van der Waals surface area contributed by atoms with E-state index in [2.05, 4.69) is 61.8 Å². The Morgan fingerprint density at radius 2 is 1.09 bits per heavy atom. The predicted molar refractivity (Wildman–Crippen MR) is 273 cm³/mol. The van der Waals surface area contributed by atoms with Gasteiger partial charge in [-0.05, 0) is 64.1 Å². The lowest BCUT2D eigenvalue weighted by Crippen LogP contribution is -2.42. The molecule has 0 saturated carbocycles. The van der Waals surface area contributed by atoms with Gasteiger partial charge in [0.2, 0.25) is 23.7 Å². The molecule has 0 amide bonds. The highest BCUT2D eigenvalue weighted by atomic mass is 79.9. The van der Waals surface area contributed by atoms with Crippen LogP contribution in [0.5, 0.6) is 11.8 Å². The molecule has 10 heterocycles. The molecular formula is C46H48Br2F2N10O18P2. The highest BCUT2D eigenvalue weighted by molar-refractivity contribution is 9.10. The molecule has 6 aromatic rings. The van der Waals surface area contributed by atoms with E-state index in [0.29, 0.717) is 33.2 Å². The number of aromatic nitrogens is 8. The molecule has 0 unspecified atom stereocenters. The van der Waals surface area contributed by atoms with Crippen LogP contribution in [0.1, 0.15) is 76.3 Å². The lowest BCUT2D eigenvalue weighted by molar-refractivity contribution is -0.0928. The van der Waals surface area contributed by atoms with Crippen molar-refractivity contribution in [1.82, 2.24) is 39.0 Å². The summed E-state index contributed by atoms with van der Waals surface area (Å²) in [6.07, 6.45) is -6.05. The molecule has 428 valence electrons. The molecule has 6 aliphatic heterocycles. The number of nitrogen functional groups attached to an aromatic ring is 2. The third kappa shape index (κ3) is 10.6. The summed E-state index contributed by atoms with van der Waals surface area (Å²) in [4.78, 5) is 49.8. The van der Waals surface area contributed by atoms with Gasteiger partial charge in [0, 0.05) is 32.9 Å². The van der Waals surface area contributed by atoms with Gasteiger partial charge < -0.3 is 49.4 Å². The van der Waals surface area contributed by atoms with Gasteiger partial charge in [0.1, 0.15) is 23.8 Å². The van der Waals surface area contributed by atoms with Gasteiger partial charge in [0.15, 0.2) is 58.2 Å². The van der Waals surface area contributed by atoms with E-state index in [1.165, 1.54) is 33.9 Å². The molecule has 12 rings (SSSR count). The van der Waals surface area contributed by atoms with Gasteiger partial charge in [0.05, 0.1) is 64.5 Å². The van der Waals surface area contributed by atoms with Gasteiger partial charge in [-0.3, -0.25) is 36.3 Å². The van der Waals surface area contributed by atoms with E-state index in [4.69, 9.17) is 76.5 Å². The summed E-state index contributed by atoms with van der Waals surface area (Å²) >= 11 is 6.61. The summed E-state index contributed by atoms with van der Waals surface area (Å²) in [6, 6.07) is 8.74.